The smallest absolute Gasteiger partial charge is 0.236 e. The van der Waals surface area contributed by atoms with Crippen LogP contribution in [0.4, 0.5) is 0 Å². The Hall–Kier alpha value is -1.39. The van der Waals surface area contributed by atoms with E-state index in [0.29, 0.717) is 19.6 Å². The van der Waals surface area contributed by atoms with Crippen molar-refractivity contribution in [2.75, 3.05) is 13.2 Å². The van der Waals surface area contributed by atoms with Crippen LogP contribution in [0.3, 0.4) is 0 Å². The quantitative estimate of drug-likeness (QED) is 0.678. The molecule has 1 rings (SSSR count). The van der Waals surface area contributed by atoms with Crippen LogP contribution >= 0.6 is 0 Å². The van der Waals surface area contributed by atoms with Crippen LogP contribution in [0.5, 0.6) is 0 Å². The Kier molecular flexibility index (Phi) is 7.92. The average molecular weight is 278 g/mol. The maximum atomic E-state index is 11.8. The summed E-state index contributed by atoms with van der Waals surface area (Å²) in [6, 6.07) is 9.63. The van der Waals surface area contributed by atoms with Crippen molar-refractivity contribution in [3.8, 4) is 0 Å². The summed E-state index contributed by atoms with van der Waals surface area (Å²) < 4.78 is 5.41. The van der Waals surface area contributed by atoms with Crippen molar-refractivity contribution >= 4 is 5.91 Å². The fourth-order valence-corrected chi connectivity index (χ4v) is 1.83. The maximum Gasteiger partial charge on any atom is 0.236 e. The lowest BCUT2D eigenvalue weighted by molar-refractivity contribution is -0.122. The zero-order valence-electron chi connectivity index (χ0n) is 12.5. The van der Waals surface area contributed by atoms with E-state index in [2.05, 4.69) is 5.32 Å². The van der Waals surface area contributed by atoms with Crippen LogP contribution in [-0.2, 0) is 16.0 Å². The van der Waals surface area contributed by atoms with Gasteiger partial charge < -0.3 is 15.8 Å². The summed E-state index contributed by atoms with van der Waals surface area (Å²) in [7, 11) is 0. The number of amides is 1. The molecule has 0 aliphatic heterocycles. The number of benzene rings is 1. The number of ether oxygens (including phenoxy) is 1. The Labute approximate surface area is 121 Å². The molecule has 1 aromatic rings. The first-order chi connectivity index (χ1) is 9.59. The zero-order chi connectivity index (χ0) is 14.8. The van der Waals surface area contributed by atoms with Crippen LogP contribution in [0.1, 0.15) is 32.3 Å². The van der Waals surface area contributed by atoms with Gasteiger partial charge in [-0.2, -0.15) is 0 Å². The zero-order valence-corrected chi connectivity index (χ0v) is 12.5. The van der Waals surface area contributed by atoms with Gasteiger partial charge in [-0.3, -0.25) is 4.79 Å². The molecule has 0 unspecified atom stereocenters. The first kappa shape index (κ1) is 16.7. The van der Waals surface area contributed by atoms with E-state index in [4.69, 9.17) is 10.5 Å². The second-order valence-corrected chi connectivity index (χ2v) is 5.19. The molecule has 1 aromatic carbocycles. The second-order valence-electron chi connectivity index (χ2n) is 5.19. The molecule has 0 fully saturated rings. The van der Waals surface area contributed by atoms with E-state index in [1.54, 1.807) is 0 Å². The number of hydrogen-bond acceptors (Lipinski definition) is 3. The van der Waals surface area contributed by atoms with E-state index in [9.17, 15) is 4.79 Å². The minimum absolute atomic E-state index is 0.0783. The van der Waals surface area contributed by atoms with E-state index in [1.165, 1.54) is 5.56 Å². The molecule has 20 heavy (non-hydrogen) atoms. The Morgan fingerprint density at radius 1 is 1.30 bits per heavy atom. The van der Waals surface area contributed by atoms with Crippen LogP contribution in [-0.4, -0.2) is 31.2 Å². The third-order valence-corrected chi connectivity index (χ3v) is 3.00. The van der Waals surface area contributed by atoms with Gasteiger partial charge in [-0.15, -0.1) is 0 Å². The largest absolute Gasteiger partial charge is 0.379 e. The second kappa shape index (κ2) is 9.50. The molecule has 1 amide bonds. The van der Waals surface area contributed by atoms with Gasteiger partial charge in [0.15, 0.2) is 0 Å². The fourth-order valence-electron chi connectivity index (χ4n) is 1.83. The molecule has 0 saturated carbocycles. The Balaban J connectivity index is 2.13. The molecule has 0 aliphatic carbocycles. The molecule has 112 valence electrons. The molecule has 0 spiro atoms. The summed E-state index contributed by atoms with van der Waals surface area (Å²) in [6.07, 6.45) is 2.54. The predicted octanol–water partition coefficient (Wildman–Crippen LogP) is 1.88. The summed E-state index contributed by atoms with van der Waals surface area (Å²) >= 11 is 0. The van der Waals surface area contributed by atoms with Crippen LogP contribution in [0.2, 0.25) is 0 Å². The van der Waals surface area contributed by atoms with Crippen molar-refractivity contribution in [2.45, 2.75) is 45.3 Å². The van der Waals surface area contributed by atoms with Gasteiger partial charge >= 0.3 is 0 Å². The lowest BCUT2D eigenvalue weighted by Crippen LogP contribution is -2.41. The van der Waals surface area contributed by atoms with Crippen LogP contribution in [0.25, 0.3) is 0 Å². The highest BCUT2D eigenvalue weighted by molar-refractivity contribution is 5.81. The third kappa shape index (κ3) is 7.26. The lowest BCUT2D eigenvalue weighted by atomic mass is 10.1. The highest BCUT2D eigenvalue weighted by Gasteiger charge is 2.12. The van der Waals surface area contributed by atoms with Gasteiger partial charge in [-0.05, 0) is 38.7 Å². The predicted molar refractivity (Wildman–Crippen MR) is 81.5 cm³/mol. The maximum absolute atomic E-state index is 11.8. The minimum atomic E-state index is -0.443. The number of carbonyl (C=O) groups is 1. The molecule has 4 heteroatoms. The molecule has 0 heterocycles. The minimum Gasteiger partial charge on any atom is -0.379 e. The molecule has 0 radical (unpaired) electrons. The molecule has 0 aromatic heterocycles. The number of aryl methyl sites for hydroxylation is 1. The summed E-state index contributed by atoms with van der Waals surface area (Å²) in [5, 5.41) is 2.85. The monoisotopic (exact) mass is 278 g/mol. The summed E-state index contributed by atoms with van der Waals surface area (Å²) in [6.45, 7) is 5.28. The summed E-state index contributed by atoms with van der Waals surface area (Å²) in [4.78, 5) is 11.8. The molecular formula is C16H26N2O2. The van der Waals surface area contributed by atoms with E-state index in [1.807, 2.05) is 44.2 Å². The van der Waals surface area contributed by atoms with Crippen molar-refractivity contribution in [1.29, 1.82) is 0 Å². The number of nitrogens with one attached hydrogen (secondary N) is 1. The van der Waals surface area contributed by atoms with Gasteiger partial charge in [0.2, 0.25) is 5.91 Å². The van der Waals surface area contributed by atoms with E-state index >= 15 is 0 Å². The van der Waals surface area contributed by atoms with Gasteiger partial charge in [0.1, 0.15) is 0 Å². The highest BCUT2D eigenvalue weighted by atomic mass is 16.5. The Bertz CT molecular complexity index is 379. The first-order valence-corrected chi connectivity index (χ1v) is 7.28. The Morgan fingerprint density at radius 3 is 2.65 bits per heavy atom. The van der Waals surface area contributed by atoms with Crippen LogP contribution in [0, 0.1) is 0 Å². The van der Waals surface area contributed by atoms with Crippen LogP contribution < -0.4 is 11.1 Å². The summed E-state index contributed by atoms with van der Waals surface area (Å²) in [5.74, 6) is -0.0783. The number of hydrogen-bond donors (Lipinski definition) is 2. The molecule has 1 atom stereocenters. The van der Waals surface area contributed by atoms with Gasteiger partial charge in [0.05, 0.1) is 12.1 Å². The Morgan fingerprint density at radius 2 is 2.00 bits per heavy atom. The fraction of sp³-hybridized carbons (Fsp3) is 0.562. The number of carbonyl (C=O) groups excluding carboxylic acids is 1. The molecular weight excluding hydrogens is 252 g/mol. The number of rotatable bonds is 9. The molecule has 0 aliphatic rings. The lowest BCUT2D eigenvalue weighted by Gasteiger charge is -2.13. The van der Waals surface area contributed by atoms with Crippen molar-refractivity contribution in [3.63, 3.8) is 0 Å². The summed E-state index contributed by atoms with van der Waals surface area (Å²) in [5.41, 5.74) is 7.09. The van der Waals surface area contributed by atoms with Crippen molar-refractivity contribution < 1.29 is 9.53 Å². The third-order valence-electron chi connectivity index (χ3n) is 3.00. The SMILES string of the molecule is CC(C)OCCCNC(=O)[C@@H](N)CCc1ccccc1. The van der Waals surface area contributed by atoms with E-state index in [0.717, 1.165) is 12.8 Å². The number of nitrogens with two attached hydrogens (primary N) is 1. The van der Waals surface area contributed by atoms with Crippen molar-refractivity contribution in [3.05, 3.63) is 35.9 Å². The van der Waals surface area contributed by atoms with Gasteiger partial charge in [-0.25, -0.2) is 0 Å². The van der Waals surface area contributed by atoms with Gasteiger partial charge in [0, 0.05) is 13.2 Å². The van der Waals surface area contributed by atoms with E-state index < -0.39 is 6.04 Å². The highest BCUT2D eigenvalue weighted by Crippen LogP contribution is 2.04. The van der Waals surface area contributed by atoms with Gasteiger partial charge in [0.25, 0.3) is 0 Å². The first-order valence-electron chi connectivity index (χ1n) is 7.28. The molecule has 3 N–H and O–H groups in total. The van der Waals surface area contributed by atoms with E-state index in [-0.39, 0.29) is 12.0 Å². The van der Waals surface area contributed by atoms with Crippen molar-refractivity contribution in [1.82, 2.24) is 5.32 Å². The van der Waals surface area contributed by atoms with Gasteiger partial charge in [-0.1, -0.05) is 30.3 Å². The normalized spacial score (nSPS) is 12.4. The molecule has 0 saturated heterocycles. The standard InChI is InChI=1S/C16H26N2O2/c1-13(2)20-12-6-11-18-16(19)15(17)10-9-14-7-4-3-5-8-14/h3-5,7-8,13,15H,6,9-12,17H2,1-2H3,(H,18,19)/t15-/m0/s1. The van der Waals surface area contributed by atoms with Crippen molar-refractivity contribution in [2.24, 2.45) is 5.73 Å². The van der Waals surface area contributed by atoms with Crippen LogP contribution in [0.15, 0.2) is 30.3 Å². The molecule has 4 nitrogen and oxygen atoms in total. The molecule has 0 bridgehead atoms. The topological polar surface area (TPSA) is 64.3 Å². The average Bonchev–Trinajstić information content (AvgIpc) is 2.45.